The van der Waals surface area contributed by atoms with Crippen LogP contribution < -0.4 is 11.3 Å². The Labute approximate surface area is 160 Å². The van der Waals surface area contributed by atoms with E-state index in [1.54, 1.807) is 0 Å². The van der Waals surface area contributed by atoms with Crippen LogP contribution in [0.2, 0.25) is 0 Å². The molecule has 1 aromatic heterocycles. The summed E-state index contributed by atoms with van der Waals surface area (Å²) in [7, 11) is 0. The molecule has 4 heteroatoms. The second-order valence-electron chi connectivity index (χ2n) is 7.82. The molecule has 0 amide bonds. The first-order valence-corrected chi connectivity index (χ1v) is 9.93. The number of nitrogens with zero attached hydrogens (tertiary/aromatic N) is 2. The molecular formula is C23H27N3O. The third-order valence-corrected chi connectivity index (χ3v) is 5.91. The fourth-order valence-electron chi connectivity index (χ4n) is 4.41. The lowest BCUT2D eigenvalue weighted by molar-refractivity contribution is 0.246. The van der Waals surface area contributed by atoms with Gasteiger partial charge in [0.15, 0.2) is 0 Å². The smallest absolute Gasteiger partial charge is 0.261 e. The van der Waals surface area contributed by atoms with Gasteiger partial charge in [-0.3, -0.25) is 9.36 Å². The van der Waals surface area contributed by atoms with Crippen LogP contribution in [0.4, 0.5) is 0 Å². The van der Waals surface area contributed by atoms with Crippen LogP contribution in [-0.2, 0) is 6.54 Å². The molecule has 4 nitrogen and oxygen atoms in total. The summed E-state index contributed by atoms with van der Waals surface area (Å²) in [6.07, 6.45) is 4.66. The highest BCUT2D eigenvalue weighted by Gasteiger charge is 2.24. The number of nitrogens with two attached hydrogens (primary N) is 1. The highest BCUT2D eigenvalue weighted by atomic mass is 16.1. The first kappa shape index (κ1) is 17.9. The maximum Gasteiger partial charge on any atom is 0.261 e. The van der Waals surface area contributed by atoms with Crippen LogP contribution in [0.15, 0.2) is 53.3 Å². The predicted octanol–water partition coefficient (Wildman–Crippen LogP) is 4.14. The number of rotatable bonds is 4. The topological polar surface area (TPSA) is 60.9 Å². The van der Waals surface area contributed by atoms with E-state index in [0.717, 1.165) is 48.4 Å². The van der Waals surface area contributed by atoms with E-state index in [-0.39, 0.29) is 5.56 Å². The first-order chi connectivity index (χ1) is 13.2. The molecule has 4 rings (SSSR count). The van der Waals surface area contributed by atoms with Gasteiger partial charge in [-0.1, -0.05) is 42.8 Å². The van der Waals surface area contributed by atoms with Gasteiger partial charge in [0.2, 0.25) is 0 Å². The van der Waals surface area contributed by atoms with E-state index in [1.807, 2.05) is 41.0 Å². The summed E-state index contributed by atoms with van der Waals surface area (Å²) < 4.78 is 1.91. The van der Waals surface area contributed by atoms with Crippen LogP contribution >= 0.6 is 0 Å². The number of aryl methyl sites for hydroxylation is 1. The third kappa shape index (κ3) is 3.54. The Balaban J connectivity index is 1.84. The third-order valence-electron chi connectivity index (χ3n) is 5.91. The van der Waals surface area contributed by atoms with E-state index in [0.29, 0.717) is 17.2 Å². The standard InChI is InChI=1S/C23H27N3O/c1-16-7-2-3-10-19(16)22-25-21-12-5-4-11-20(21)23(27)26(22)15-18-9-6-8-17(13-18)14-24/h2-5,7,10-12,17-18H,6,8-9,13-15,24H2,1H3. The Morgan fingerprint density at radius 3 is 2.63 bits per heavy atom. The molecule has 1 fully saturated rings. The molecule has 0 aliphatic heterocycles. The minimum atomic E-state index is 0.0636. The summed E-state index contributed by atoms with van der Waals surface area (Å²) >= 11 is 0. The Morgan fingerprint density at radius 2 is 1.81 bits per heavy atom. The molecule has 1 aliphatic rings. The summed E-state index contributed by atoms with van der Waals surface area (Å²) in [5.41, 5.74) is 8.92. The van der Waals surface area contributed by atoms with Crippen LogP contribution in [0.3, 0.4) is 0 Å². The minimum Gasteiger partial charge on any atom is -0.330 e. The van der Waals surface area contributed by atoms with Crippen LogP contribution in [0.25, 0.3) is 22.3 Å². The monoisotopic (exact) mass is 361 g/mol. The van der Waals surface area contributed by atoms with Gasteiger partial charge in [-0.25, -0.2) is 4.98 Å². The number of hydrogen-bond acceptors (Lipinski definition) is 3. The van der Waals surface area contributed by atoms with Gasteiger partial charge >= 0.3 is 0 Å². The Morgan fingerprint density at radius 1 is 1.07 bits per heavy atom. The van der Waals surface area contributed by atoms with Gasteiger partial charge in [0, 0.05) is 12.1 Å². The van der Waals surface area contributed by atoms with Crippen LogP contribution in [-0.4, -0.2) is 16.1 Å². The van der Waals surface area contributed by atoms with E-state index in [2.05, 4.69) is 19.1 Å². The molecule has 0 spiro atoms. The molecule has 0 bridgehead atoms. The zero-order chi connectivity index (χ0) is 18.8. The van der Waals surface area contributed by atoms with Crippen molar-refractivity contribution in [2.45, 2.75) is 39.2 Å². The zero-order valence-electron chi connectivity index (χ0n) is 15.9. The largest absolute Gasteiger partial charge is 0.330 e. The average Bonchev–Trinajstić information content (AvgIpc) is 2.71. The quantitative estimate of drug-likeness (QED) is 0.760. The molecule has 140 valence electrons. The number of benzene rings is 2. The maximum absolute atomic E-state index is 13.4. The van der Waals surface area contributed by atoms with Crippen molar-refractivity contribution in [3.63, 3.8) is 0 Å². The lowest BCUT2D eigenvalue weighted by Crippen LogP contribution is -2.30. The number of aromatic nitrogens is 2. The molecule has 2 aromatic carbocycles. The molecule has 2 atom stereocenters. The molecule has 2 unspecified atom stereocenters. The van der Waals surface area contributed by atoms with Crippen LogP contribution in [0, 0.1) is 18.8 Å². The highest BCUT2D eigenvalue weighted by Crippen LogP contribution is 2.31. The van der Waals surface area contributed by atoms with E-state index in [4.69, 9.17) is 10.7 Å². The van der Waals surface area contributed by atoms with Crippen molar-refractivity contribution in [2.75, 3.05) is 6.54 Å². The normalized spacial score (nSPS) is 20.1. The van der Waals surface area contributed by atoms with Gasteiger partial charge in [-0.15, -0.1) is 0 Å². The molecule has 27 heavy (non-hydrogen) atoms. The minimum absolute atomic E-state index is 0.0636. The highest BCUT2D eigenvalue weighted by molar-refractivity contribution is 5.80. The van der Waals surface area contributed by atoms with Crippen molar-refractivity contribution >= 4 is 10.9 Å². The average molecular weight is 361 g/mol. The van der Waals surface area contributed by atoms with E-state index in [9.17, 15) is 4.79 Å². The van der Waals surface area contributed by atoms with Gasteiger partial charge in [0.05, 0.1) is 10.9 Å². The van der Waals surface area contributed by atoms with Crippen LogP contribution in [0.1, 0.15) is 31.2 Å². The lowest BCUT2D eigenvalue weighted by Gasteiger charge is -2.29. The summed E-state index contributed by atoms with van der Waals surface area (Å²) in [5, 5.41) is 0.695. The van der Waals surface area contributed by atoms with Crippen molar-refractivity contribution in [3.05, 3.63) is 64.4 Å². The molecule has 1 heterocycles. The number of hydrogen-bond donors (Lipinski definition) is 1. The number of para-hydroxylation sites is 1. The van der Waals surface area contributed by atoms with E-state index in [1.165, 1.54) is 12.8 Å². The summed E-state index contributed by atoms with van der Waals surface area (Å²) in [5.74, 6) is 1.84. The van der Waals surface area contributed by atoms with Crippen molar-refractivity contribution in [1.82, 2.24) is 9.55 Å². The SMILES string of the molecule is Cc1ccccc1-c1nc2ccccc2c(=O)n1CC1CCCC(CN)C1. The second kappa shape index (κ2) is 7.65. The van der Waals surface area contributed by atoms with Crippen LogP contribution in [0.5, 0.6) is 0 Å². The predicted molar refractivity (Wildman–Crippen MR) is 111 cm³/mol. The lowest BCUT2D eigenvalue weighted by atomic mass is 9.81. The maximum atomic E-state index is 13.4. The van der Waals surface area contributed by atoms with E-state index >= 15 is 0 Å². The molecule has 2 N–H and O–H groups in total. The fraction of sp³-hybridized carbons (Fsp3) is 0.391. The molecular weight excluding hydrogens is 334 g/mol. The van der Waals surface area contributed by atoms with Crippen molar-refractivity contribution < 1.29 is 0 Å². The summed E-state index contributed by atoms with van der Waals surface area (Å²) in [6.45, 7) is 3.54. The van der Waals surface area contributed by atoms with E-state index < -0.39 is 0 Å². The molecule has 3 aromatic rings. The molecule has 0 radical (unpaired) electrons. The van der Waals surface area contributed by atoms with Gasteiger partial charge in [-0.2, -0.15) is 0 Å². The first-order valence-electron chi connectivity index (χ1n) is 9.93. The molecule has 1 saturated carbocycles. The Hall–Kier alpha value is -2.46. The summed E-state index contributed by atoms with van der Waals surface area (Å²) in [4.78, 5) is 18.3. The molecule has 0 saturated heterocycles. The van der Waals surface area contributed by atoms with Gasteiger partial charge in [0.25, 0.3) is 5.56 Å². The van der Waals surface area contributed by atoms with Gasteiger partial charge in [-0.05, 0) is 62.3 Å². The Bertz CT molecular complexity index is 1010. The van der Waals surface area contributed by atoms with Crippen molar-refractivity contribution in [2.24, 2.45) is 17.6 Å². The Kier molecular flexibility index (Phi) is 5.08. The second-order valence-corrected chi connectivity index (χ2v) is 7.82. The van der Waals surface area contributed by atoms with Gasteiger partial charge < -0.3 is 5.73 Å². The van der Waals surface area contributed by atoms with Crippen molar-refractivity contribution in [3.8, 4) is 11.4 Å². The summed E-state index contributed by atoms with van der Waals surface area (Å²) in [6, 6.07) is 15.8. The van der Waals surface area contributed by atoms with Crippen molar-refractivity contribution in [1.29, 1.82) is 0 Å². The zero-order valence-corrected chi connectivity index (χ0v) is 15.9. The number of fused-ring (bicyclic) bond motifs is 1. The fourth-order valence-corrected chi connectivity index (χ4v) is 4.41. The molecule has 1 aliphatic carbocycles. The van der Waals surface area contributed by atoms with Gasteiger partial charge in [0.1, 0.15) is 5.82 Å².